The van der Waals surface area contributed by atoms with Crippen molar-refractivity contribution >= 4 is 18.3 Å². The van der Waals surface area contributed by atoms with Gasteiger partial charge in [-0.3, -0.25) is 4.79 Å². The lowest BCUT2D eigenvalue weighted by Crippen LogP contribution is -2.48. The highest BCUT2D eigenvalue weighted by atomic mass is 35.5. The van der Waals surface area contributed by atoms with E-state index in [0.717, 1.165) is 44.1 Å². The third-order valence-electron chi connectivity index (χ3n) is 4.60. The Hall–Kier alpha value is -1.26. The lowest BCUT2D eigenvalue weighted by Gasteiger charge is -2.34. The molecular formula is C18H27ClN2O2. The van der Waals surface area contributed by atoms with Gasteiger partial charge in [0.05, 0.1) is 0 Å². The summed E-state index contributed by atoms with van der Waals surface area (Å²) in [6.45, 7) is 4.67. The van der Waals surface area contributed by atoms with Gasteiger partial charge in [0, 0.05) is 19.1 Å². The number of carbonyl (C=O) groups is 1. The van der Waals surface area contributed by atoms with E-state index in [2.05, 4.69) is 5.32 Å². The molecular weight excluding hydrogens is 312 g/mol. The second kappa shape index (κ2) is 8.55. The van der Waals surface area contributed by atoms with Crippen LogP contribution < -0.4 is 10.1 Å². The summed E-state index contributed by atoms with van der Waals surface area (Å²) in [5.74, 6) is 1.77. The van der Waals surface area contributed by atoms with Crippen LogP contribution in [-0.4, -0.2) is 42.6 Å². The van der Waals surface area contributed by atoms with Crippen molar-refractivity contribution in [1.82, 2.24) is 10.2 Å². The number of nitrogens with one attached hydrogen (secondary N) is 1. The molecule has 1 aromatic rings. The Morgan fingerprint density at radius 1 is 1.22 bits per heavy atom. The number of benzene rings is 1. The van der Waals surface area contributed by atoms with Crippen molar-refractivity contribution in [2.24, 2.45) is 5.92 Å². The van der Waals surface area contributed by atoms with Crippen molar-refractivity contribution in [3.8, 4) is 5.75 Å². The number of ether oxygens (including phenoxy) is 1. The van der Waals surface area contributed by atoms with Crippen molar-refractivity contribution < 1.29 is 9.53 Å². The Bertz CT molecular complexity index is 485. The molecule has 1 N–H and O–H groups in total. The molecule has 23 heavy (non-hydrogen) atoms. The summed E-state index contributed by atoms with van der Waals surface area (Å²) in [6.07, 6.45) is 4.46. The Morgan fingerprint density at radius 3 is 2.48 bits per heavy atom. The second-order valence-electron chi connectivity index (χ2n) is 6.52. The number of carbonyl (C=O) groups excluding carboxylic acids is 1. The van der Waals surface area contributed by atoms with Crippen LogP contribution in [0.25, 0.3) is 0 Å². The molecule has 1 unspecified atom stereocenters. The van der Waals surface area contributed by atoms with E-state index in [-0.39, 0.29) is 18.3 Å². The van der Waals surface area contributed by atoms with Gasteiger partial charge in [0.1, 0.15) is 5.75 Å². The minimum atomic E-state index is -0.418. The molecule has 1 saturated heterocycles. The zero-order chi connectivity index (χ0) is 15.4. The Morgan fingerprint density at radius 2 is 1.87 bits per heavy atom. The normalized spacial score (nSPS) is 19.8. The minimum absolute atomic E-state index is 0. The lowest BCUT2D eigenvalue weighted by atomic mass is 10.0. The molecule has 1 aromatic carbocycles. The highest BCUT2D eigenvalue weighted by molar-refractivity contribution is 5.85. The molecule has 3 rings (SSSR count). The zero-order valence-electron chi connectivity index (χ0n) is 13.7. The van der Waals surface area contributed by atoms with Gasteiger partial charge in [-0.1, -0.05) is 18.2 Å². The summed E-state index contributed by atoms with van der Waals surface area (Å²) in [5, 5.41) is 3.64. The topological polar surface area (TPSA) is 41.6 Å². The minimum Gasteiger partial charge on any atom is -0.481 e. The van der Waals surface area contributed by atoms with Gasteiger partial charge in [0.25, 0.3) is 5.91 Å². The van der Waals surface area contributed by atoms with Gasteiger partial charge in [-0.05, 0) is 57.2 Å². The van der Waals surface area contributed by atoms with E-state index in [9.17, 15) is 4.79 Å². The summed E-state index contributed by atoms with van der Waals surface area (Å²) in [7, 11) is 0. The number of piperidine rings is 1. The molecule has 128 valence electrons. The Balaban J connectivity index is 0.00000192. The van der Waals surface area contributed by atoms with E-state index in [1.54, 1.807) is 0 Å². The average molecular weight is 339 g/mol. The third-order valence-corrected chi connectivity index (χ3v) is 4.60. The van der Waals surface area contributed by atoms with Crippen LogP contribution in [0.4, 0.5) is 0 Å². The maximum Gasteiger partial charge on any atom is 0.263 e. The highest BCUT2D eigenvalue weighted by Crippen LogP contribution is 2.28. The number of hydrogen-bond donors (Lipinski definition) is 1. The van der Waals surface area contributed by atoms with Crippen LogP contribution in [0.3, 0.4) is 0 Å². The molecule has 1 saturated carbocycles. The molecule has 2 aliphatic rings. The smallest absolute Gasteiger partial charge is 0.263 e. The van der Waals surface area contributed by atoms with Crippen molar-refractivity contribution in [2.45, 2.75) is 44.8 Å². The number of likely N-dealkylation sites (tertiary alicyclic amines) is 1. The molecule has 0 aromatic heterocycles. The summed E-state index contributed by atoms with van der Waals surface area (Å²) >= 11 is 0. The fraction of sp³-hybridized carbons (Fsp3) is 0.611. The number of halogens is 1. The molecule has 1 aliphatic heterocycles. The van der Waals surface area contributed by atoms with E-state index >= 15 is 0 Å². The molecule has 1 aliphatic carbocycles. The first-order valence-corrected chi connectivity index (χ1v) is 8.46. The maximum atomic E-state index is 12.5. The molecule has 4 nitrogen and oxygen atoms in total. The third kappa shape index (κ3) is 5.40. The van der Waals surface area contributed by atoms with Gasteiger partial charge >= 0.3 is 0 Å². The van der Waals surface area contributed by atoms with Gasteiger partial charge in [0.2, 0.25) is 0 Å². The summed E-state index contributed by atoms with van der Waals surface area (Å²) in [4.78, 5) is 14.4. The van der Waals surface area contributed by atoms with Crippen LogP contribution in [-0.2, 0) is 4.79 Å². The fourth-order valence-electron chi connectivity index (χ4n) is 2.97. The highest BCUT2D eigenvalue weighted by Gasteiger charge is 2.28. The van der Waals surface area contributed by atoms with E-state index in [1.807, 2.05) is 42.2 Å². The molecule has 5 heteroatoms. The van der Waals surface area contributed by atoms with Crippen molar-refractivity contribution in [3.63, 3.8) is 0 Å². The summed E-state index contributed by atoms with van der Waals surface area (Å²) in [5.41, 5.74) is 0. The Kier molecular flexibility index (Phi) is 6.72. The van der Waals surface area contributed by atoms with Crippen LogP contribution >= 0.6 is 12.4 Å². The molecule has 2 fully saturated rings. The van der Waals surface area contributed by atoms with Crippen molar-refractivity contribution in [2.75, 3.05) is 19.6 Å². The quantitative estimate of drug-likeness (QED) is 0.867. The number of para-hydroxylation sites is 1. The summed E-state index contributed by atoms with van der Waals surface area (Å²) < 4.78 is 5.74. The molecule has 1 atom stereocenters. The first-order chi connectivity index (χ1) is 10.7. The molecule has 0 radical (unpaired) electrons. The van der Waals surface area contributed by atoms with Gasteiger partial charge in [0.15, 0.2) is 6.10 Å². The number of amides is 1. The van der Waals surface area contributed by atoms with Gasteiger partial charge in [-0.2, -0.15) is 0 Å². The van der Waals surface area contributed by atoms with Gasteiger partial charge in [-0.15, -0.1) is 12.4 Å². The standard InChI is InChI=1S/C18H26N2O2.ClH/c1-14(22-17-5-3-2-4-6-17)18(21)20-11-9-16(10-12-20)19-13-15-7-8-15;/h2-6,14-16,19H,7-13H2,1H3;1H. The molecule has 0 bridgehead atoms. The van der Waals surface area contributed by atoms with E-state index < -0.39 is 6.10 Å². The SMILES string of the molecule is CC(Oc1ccccc1)C(=O)N1CCC(NCC2CC2)CC1.Cl. The van der Waals surface area contributed by atoms with Gasteiger partial charge < -0.3 is 15.0 Å². The van der Waals surface area contributed by atoms with E-state index in [0.29, 0.717) is 6.04 Å². The Labute approximate surface area is 145 Å². The van der Waals surface area contributed by atoms with Gasteiger partial charge in [-0.25, -0.2) is 0 Å². The largest absolute Gasteiger partial charge is 0.481 e. The second-order valence-corrected chi connectivity index (χ2v) is 6.52. The fourth-order valence-corrected chi connectivity index (χ4v) is 2.97. The maximum absolute atomic E-state index is 12.5. The molecule has 0 spiro atoms. The monoisotopic (exact) mass is 338 g/mol. The predicted molar refractivity (Wildman–Crippen MR) is 94.1 cm³/mol. The van der Waals surface area contributed by atoms with Crippen molar-refractivity contribution in [1.29, 1.82) is 0 Å². The first kappa shape index (κ1) is 18.1. The number of hydrogen-bond acceptors (Lipinski definition) is 3. The van der Waals surface area contributed by atoms with Crippen LogP contribution in [0.2, 0.25) is 0 Å². The summed E-state index contributed by atoms with van der Waals surface area (Å²) in [6, 6.07) is 10.1. The number of rotatable bonds is 6. The molecule has 1 heterocycles. The van der Waals surface area contributed by atoms with E-state index in [4.69, 9.17) is 4.74 Å². The van der Waals surface area contributed by atoms with Crippen LogP contribution in [0.5, 0.6) is 5.75 Å². The molecule has 1 amide bonds. The van der Waals surface area contributed by atoms with Crippen molar-refractivity contribution in [3.05, 3.63) is 30.3 Å². The average Bonchev–Trinajstić information content (AvgIpc) is 3.38. The lowest BCUT2D eigenvalue weighted by molar-refractivity contribution is -0.139. The van der Waals surface area contributed by atoms with Crippen LogP contribution in [0, 0.1) is 5.92 Å². The predicted octanol–water partition coefficient (Wildman–Crippen LogP) is 2.87. The van der Waals surface area contributed by atoms with Crippen LogP contribution in [0.15, 0.2) is 30.3 Å². The number of nitrogens with zero attached hydrogens (tertiary/aromatic N) is 1. The zero-order valence-corrected chi connectivity index (χ0v) is 14.6. The van der Waals surface area contributed by atoms with Crippen LogP contribution in [0.1, 0.15) is 32.6 Å². The van der Waals surface area contributed by atoms with E-state index in [1.165, 1.54) is 12.8 Å². The first-order valence-electron chi connectivity index (χ1n) is 8.46.